The molecule has 3 rings (SSSR count). The molecule has 1 amide bonds. The second-order valence-corrected chi connectivity index (χ2v) is 6.75. The quantitative estimate of drug-likeness (QED) is 0.925. The lowest BCUT2D eigenvalue weighted by atomic mass is 9.90. The second kappa shape index (κ2) is 5.98. The molecular formula is C14H21N3O3S. The first kappa shape index (κ1) is 14.9. The summed E-state index contributed by atoms with van der Waals surface area (Å²) in [6.07, 6.45) is 3.45. The second-order valence-electron chi connectivity index (χ2n) is 6.00. The molecule has 7 heteroatoms. The lowest BCUT2D eigenvalue weighted by Crippen LogP contribution is -2.44. The average molecular weight is 311 g/mol. The van der Waals surface area contributed by atoms with E-state index in [-0.39, 0.29) is 23.7 Å². The monoisotopic (exact) mass is 311 g/mol. The van der Waals surface area contributed by atoms with E-state index in [2.05, 4.69) is 14.9 Å². The van der Waals surface area contributed by atoms with Crippen LogP contribution in [0.25, 0.3) is 0 Å². The summed E-state index contributed by atoms with van der Waals surface area (Å²) >= 11 is 1.17. The van der Waals surface area contributed by atoms with Crippen LogP contribution in [0.5, 0.6) is 0 Å². The molecule has 1 aromatic rings. The predicted molar refractivity (Wildman–Crippen MR) is 78.4 cm³/mol. The third-order valence-corrected chi connectivity index (χ3v) is 4.90. The average Bonchev–Trinajstić information content (AvgIpc) is 3.11. The largest absolute Gasteiger partial charge is 0.348 e. The topological polar surface area (TPSA) is 73.3 Å². The third-order valence-electron chi connectivity index (χ3n) is 4.16. The molecule has 1 aliphatic carbocycles. The highest BCUT2D eigenvalue weighted by Crippen LogP contribution is 2.35. The number of carbonyl (C=O) groups is 1. The van der Waals surface area contributed by atoms with E-state index in [1.165, 1.54) is 11.5 Å². The van der Waals surface area contributed by atoms with Crippen LogP contribution in [0.15, 0.2) is 0 Å². The summed E-state index contributed by atoms with van der Waals surface area (Å²) in [5.74, 6) is -0.224. The first-order chi connectivity index (χ1) is 10.1. The molecule has 0 atom stereocenters. The number of aromatic nitrogens is 2. The molecule has 1 spiro atoms. The molecule has 0 aromatic carbocycles. The number of nitrogens with zero attached hydrogens (tertiary/aromatic N) is 2. The van der Waals surface area contributed by atoms with Crippen LogP contribution in [0.3, 0.4) is 0 Å². The molecule has 2 heterocycles. The minimum absolute atomic E-state index is 0.0529. The van der Waals surface area contributed by atoms with E-state index in [1.807, 2.05) is 13.8 Å². The zero-order chi connectivity index (χ0) is 14.9. The van der Waals surface area contributed by atoms with Crippen LogP contribution in [-0.4, -0.2) is 40.5 Å². The molecule has 0 radical (unpaired) electrons. The van der Waals surface area contributed by atoms with Crippen molar-refractivity contribution in [3.05, 3.63) is 10.6 Å². The maximum Gasteiger partial charge on any atom is 0.265 e. The van der Waals surface area contributed by atoms with Crippen molar-refractivity contribution < 1.29 is 14.3 Å². The SMILES string of the molecule is CC(C)c1nnsc1C(=O)NC1CCC2(CC1)OCCO2. The van der Waals surface area contributed by atoms with Gasteiger partial charge in [-0.2, -0.15) is 0 Å². The molecule has 1 aliphatic heterocycles. The Morgan fingerprint density at radius 1 is 1.33 bits per heavy atom. The number of amides is 1. The van der Waals surface area contributed by atoms with Crippen molar-refractivity contribution in [3.63, 3.8) is 0 Å². The maximum absolute atomic E-state index is 12.4. The van der Waals surface area contributed by atoms with Crippen LogP contribution >= 0.6 is 11.5 Å². The van der Waals surface area contributed by atoms with Gasteiger partial charge in [0.2, 0.25) is 0 Å². The summed E-state index contributed by atoms with van der Waals surface area (Å²) in [4.78, 5) is 13.0. The lowest BCUT2D eigenvalue weighted by Gasteiger charge is -2.35. The van der Waals surface area contributed by atoms with Crippen LogP contribution in [0.4, 0.5) is 0 Å². The van der Waals surface area contributed by atoms with Gasteiger partial charge in [-0.25, -0.2) is 0 Å². The number of hydrogen-bond donors (Lipinski definition) is 1. The molecular weight excluding hydrogens is 290 g/mol. The van der Waals surface area contributed by atoms with Crippen molar-refractivity contribution in [2.75, 3.05) is 13.2 Å². The van der Waals surface area contributed by atoms with Gasteiger partial charge in [0.05, 0.1) is 18.9 Å². The highest BCUT2D eigenvalue weighted by Gasteiger charge is 2.40. The number of ether oxygens (including phenoxy) is 2. The minimum Gasteiger partial charge on any atom is -0.348 e. The highest BCUT2D eigenvalue weighted by molar-refractivity contribution is 7.08. The fraction of sp³-hybridized carbons (Fsp3) is 0.786. The fourth-order valence-corrected chi connectivity index (χ4v) is 3.69. The molecule has 1 aromatic heterocycles. The number of rotatable bonds is 3. The van der Waals surface area contributed by atoms with Crippen molar-refractivity contribution >= 4 is 17.4 Å². The van der Waals surface area contributed by atoms with Gasteiger partial charge >= 0.3 is 0 Å². The van der Waals surface area contributed by atoms with Crippen molar-refractivity contribution in [1.29, 1.82) is 0 Å². The van der Waals surface area contributed by atoms with Gasteiger partial charge in [0.15, 0.2) is 5.79 Å². The Morgan fingerprint density at radius 2 is 2.00 bits per heavy atom. The van der Waals surface area contributed by atoms with E-state index in [4.69, 9.17) is 9.47 Å². The standard InChI is InChI=1S/C14H21N3O3S/c1-9(2)11-12(21-17-16-11)13(18)15-10-3-5-14(6-4-10)19-7-8-20-14/h9-10H,3-8H2,1-2H3,(H,15,18). The molecule has 1 N–H and O–H groups in total. The predicted octanol–water partition coefficient (Wildman–Crippen LogP) is 2.08. The van der Waals surface area contributed by atoms with Gasteiger partial charge < -0.3 is 14.8 Å². The van der Waals surface area contributed by atoms with E-state index in [0.717, 1.165) is 31.4 Å². The Labute approximate surface area is 128 Å². The summed E-state index contributed by atoms with van der Waals surface area (Å²) in [5.41, 5.74) is 0.784. The van der Waals surface area contributed by atoms with E-state index in [0.29, 0.717) is 18.1 Å². The smallest absolute Gasteiger partial charge is 0.265 e. The lowest BCUT2D eigenvalue weighted by molar-refractivity contribution is -0.179. The first-order valence-corrected chi connectivity index (χ1v) is 8.28. The van der Waals surface area contributed by atoms with Crippen LogP contribution in [0.1, 0.15) is 60.8 Å². The Kier molecular flexibility index (Phi) is 4.24. The first-order valence-electron chi connectivity index (χ1n) is 7.51. The van der Waals surface area contributed by atoms with Crippen LogP contribution in [-0.2, 0) is 9.47 Å². The van der Waals surface area contributed by atoms with Gasteiger partial charge in [-0.3, -0.25) is 4.79 Å². The molecule has 1 saturated heterocycles. The molecule has 1 saturated carbocycles. The third kappa shape index (κ3) is 3.09. The molecule has 116 valence electrons. The maximum atomic E-state index is 12.4. The number of carbonyl (C=O) groups excluding carboxylic acids is 1. The van der Waals surface area contributed by atoms with Crippen LogP contribution in [0, 0.1) is 0 Å². The van der Waals surface area contributed by atoms with Gasteiger partial charge in [0.1, 0.15) is 4.88 Å². The summed E-state index contributed by atoms with van der Waals surface area (Å²) in [6.45, 7) is 5.40. The zero-order valence-corrected chi connectivity index (χ0v) is 13.2. The molecule has 21 heavy (non-hydrogen) atoms. The molecule has 0 unspecified atom stereocenters. The van der Waals surface area contributed by atoms with Gasteiger partial charge in [0, 0.05) is 18.9 Å². The summed E-state index contributed by atoms with van der Waals surface area (Å²) < 4.78 is 15.3. The van der Waals surface area contributed by atoms with Crippen LogP contribution in [0.2, 0.25) is 0 Å². The Morgan fingerprint density at radius 3 is 2.62 bits per heavy atom. The van der Waals surface area contributed by atoms with E-state index < -0.39 is 0 Å². The van der Waals surface area contributed by atoms with E-state index >= 15 is 0 Å². The van der Waals surface area contributed by atoms with Crippen LogP contribution < -0.4 is 5.32 Å². The van der Waals surface area contributed by atoms with Crippen molar-refractivity contribution in [2.24, 2.45) is 0 Å². The Balaban J connectivity index is 1.57. The number of nitrogens with one attached hydrogen (secondary N) is 1. The van der Waals surface area contributed by atoms with Crippen molar-refractivity contribution in [1.82, 2.24) is 14.9 Å². The summed E-state index contributed by atoms with van der Waals surface area (Å²) in [6, 6.07) is 0.179. The Bertz CT molecular complexity index is 501. The molecule has 2 aliphatic rings. The highest BCUT2D eigenvalue weighted by atomic mass is 32.1. The zero-order valence-electron chi connectivity index (χ0n) is 12.4. The van der Waals surface area contributed by atoms with Crippen molar-refractivity contribution in [3.8, 4) is 0 Å². The normalized spacial score (nSPS) is 22.0. The minimum atomic E-state index is -0.379. The van der Waals surface area contributed by atoms with Crippen molar-refractivity contribution in [2.45, 2.75) is 57.3 Å². The van der Waals surface area contributed by atoms with Gasteiger partial charge in [0.25, 0.3) is 5.91 Å². The number of hydrogen-bond acceptors (Lipinski definition) is 6. The fourth-order valence-electron chi connectivity index (χ4n) is 2.97. The summed E-state index contributed by atoms with van der Waals surface area (Å²) in [7, 11) is 0. The van der Waals surface area contributed by atoms with E-state index in [9.17, 15) is 4.79 Å². The van der Waals surface area contributed by atoms with Gasteiger partial charge in [-0.05, 0) is 30.3 Å². The summed E-state index contributed by atoms with van der Waals surface area (Å²) in [5, 5.41) is 7.16. The van der Waals surface area contributed by atoms with Gasteiger partial charge in [-0.15, -0.1) is 5.10 Å². The molecule has 6 nitrogen and oxygen atoms in total. The van der Waals surface area contributed by atoms with Gasteiger partial charge in [-0.1, -0.05) is 18.3 Å². The van der Waals surface area contributed by atoms with E-state index in [1.54, 1.807) is 0 Å². The molecule has 2 fully saturated rings. The molecule has 0 bridgehead atoms. The Hall–Kier alpha value is -1.05.